The molecule has 2 aromatic heterocycles. The molecule has 1 amide bonds. The maximum atomic E-state index is 12.6. The lowest BCUT2D eigenvalue weighted by Gasteiger charge is -2.35. The fourth-order valence-corrected chi connectivity index (χ4v) is 5.20. The molecule has 0 bridgehead atoms. The van der Waals surface area contributed by atoms with Crippen molar-refractivity contribution in [2.24, 2.45) is 0 Å². The topological polar surface area (TPSA) is 155 Å². The zero-order valence-electron chi connectivity index (χ0n) is 19.9. The molecule has 38 heavy (non-hydrogen) atoms. The molecular formula is C21H23F3N6O6S2. The fraction of sp³-hybridized carbons (Fsp3) is 0.381. The van der Waals surface area contributed by atoms with Crippen LogP contribution in [0.15, 0.2) is 41.3 Å². The zero-order chi connectivity index (χ0) is 27.9. The Labute approximate surface area is 219 Å². The summed E-state index contributed by atoms with van der Waals surface area (Å²) in [5, 5.41) is 7.12. The van der Waals surface area contributed by atoms with Crippen LogP contribution in [0.2, 0.25) is 0 Å². The third-order valence-corrected chi connectivity index (χ3v) is 7.32. The summed E-state index contributed by atoms with van der Waals surface area (Å²) in [6.07, 6.45) is -5.00. The molecule has 1 aliphatic heterocycles. The predicted octanol–water partition coefficient (Wildman–Crippen LogP) is 1.75. The number of carboxylic acid groups (broad SMARTS) is 1. The molecule has 17 heteroatoms. The summed E-state index contributed by atoms with van der Waals surface area (Å²) in [7, 11) is -2.21. The molecule has 4 rings (SSSR count). The average Bonchev–Trinajstić information content (AvgIpc) is 3.37. The van der Waals surface area contributed by atoms with Crippen LogP contribution in [0, 0.1) is 0 Å². The molecule has 0 saturated carbocycles. The van der Waals surface area contributed by atoms with Gasteiger partial charge in [-0.25, -0.2) is 17.9 Å². The number of carbonyl (C=O) groups excluding carboxylic acids is 1. The van der Waals surface area contributed by atoms with Gasteiger partial charge in [0.2, 0.25) is 21.8 Å². The lowest BCUT2D eigenvalue weighted by atomic mass is 10.2. The van der Waals surface area contributed by atoms with Crippen LogP contribution in [0.25, 0.3) is 11.0 Å². The number of halogens is 3. The van der Waals surface area contributed by atoms with Gasteiger partial charge >= 0.3 is 12.1 Å². The molecule has 12 nitrogen and oxygen atoms in total. The van der Waals surface area contributed by atoms with E-state index < -0.39 is 22.2 Å². The highest BCUT2D eigenvalue weighted by Gasteiger charge is 2.38. The van der Waals surface area contributed by atoms with Gasteiger partial charge in [0.05, 0.1) is 18.8 Å². The number of alkyl halides is 3. The molecule has 1 saturated heterocycles. The van der Waals surface area contributed by atoms with Crippen molar-refractivity contribution in [2.45, 2.75) is 17.5 Å². The molecule has 3 aromatic rings. The van der Waals surface area contributed by atoms with Crippen LogP contribution in [-0.2, 0) is 19.6 Å². The fourth-order valence-electron chi connectivity index (χ4n) is 3.41. The number of ether oxygens (including phenoxy) is 1. The van der Waals surface area contributed by atoms with Crippen molar-refractivity contribution in [3.05, 3.63) is 36.4 Å². The van der Waals surface area contributed by atoms with Gasteiger partial charge in [-0.2, -0.15) is 26.9 Å². The van der Waals surface area contributed by atoms with Gasteiger partial charge in [0.25, 0.3) is 0 Å². The molecule has 1 aliphatic rings. The molecule has 206 valence electrons. The van der Waals surface area contributed by atoms with E-state index in [-0.39, 0.29) is 23.8 Å². The Morgan fingerprint density at radius 1 is 1.11 bits per heavy atom. The van der Waals surface area contributed by atoms with Crippen LogP contribution in [0.5, 0.6) is 5.88 Å². The number of fused-ring (bicyclic) bond motifs is 1. The number of pyridine rings is 1. The summed E-state index contributed by atoms with van der Waals surface area (Å²) in [6.45, 7) is 2.42. The number of aromatic nitrogens is 3. The number of nitrogens with zero attached hydrogens (tertiary/aromatic N) is 5. The summed E-state index contributed by atoms with van der Waals surface area (Å²) >= 11 is 0.963. The number of sulfonamides is 1. The summed E-state index contributed by atoms with van der Waals surface area (Å²) in [6, 6.07) is 10.4. The standard InChI is InChI=1S/C19H22N6O4S2.C2HF3O2/c1-29-17-7-3-6-16(21-17)24-10-12-25(13-11-24)18(26)8-9-20-31(27,28)15-5-2-4-14-19(15)23-30-22-14;3-2(4,5)1(6)7/h2-7,20H,8-13H2,1H3;(H,6,7). The quantitative estimate of drug-likeness (QED) is 0.425. The molecule has 0 aliphatic carbocycles. The number of rotatable bonds is 7. The predicted molar refractivity (Wildman–Crippen MR) is 130 cm³/mol. The van der Waals surface area contributed by atoms with Gasteiger partial charge in [-0.3, -0.25) is 4.79 Å². The number of aliphatic carboxylic acids is 1. The molecule has 1 fully saturated rings. The summed E-state index contributed by atoms with van der Waals surface area (Å²) in [5.41, 5.74) is 0.876. The second-order valence-corrected chi connectivity index (χ2v) is 10.0. The number of amides is 1. The molecule has 0 atom stereocenters. The molecular weight excluding hydrogens is 553 g/mol. The highest BCUT2D eigenvalue weighted by atomic mass is 32.2. The van der Waals surface area contributed by atoms with Gasteiger partial charge in [0, 0.05) is 45.2 Å². The molecule has 0 spiro atoms. The van der Waals surface area contributed by atoms with E-state index in [4.69, 9.17) is 14.6 Å². The van der Waals surface area contributed by atoms with E-state index in [0.717, 1.165) is 17.5 Å². The summed E-state index contributed by atoms with van der Waals surface area (Å²) < 4.78 is 72.8. The maximum Gasteiger partial charge on any atom is 0.490 e. The van der Waals surface area contributed by atoms with Crippen molar-refractivity contribution < 1.29 is 41.0 Å². The maximum absolute atomic E-state index is 12.6. The number of hydrogen-bond acceptors (Lipinski definition) is 10. The Hall–Kier alpha value is -3.57. The minimum absolute atomic E-state index is 0.0206. The van der Waals surface area contributed by atoms with Gasteiger partial charge in [-0.15, -0.1) is 0 Å². The van der Waals surface area contributed by atoms with Gasteiger partial charge in [-0.05, 0) is 18.2 Å². The Morgan fingerprint density at radius 2 is 1.76 bits per heavy atom. The molecule has 3 heterocycles. The zero-order valence-corrected chi connectivity index (χ0v) is 21.5. The van der Waals surface area contributed by atoms with Gasteiger partial charge in [-0.1, -0.05) is 12.1 Å². The molecule has 2 N–H and O–H groups in total. The third-order valence-electron chi connectivity index (χ3n) is 5.29. The van der Waals surface area contributed by atoms with E-state index in [1.807, 2.05) is 12.1 Å². The normalized spacial score (nSPS) is 14.1. The molecule has 0 radical (unpaired) electrons. The SMILES string of the molecule is COc1cccc(N2CCN(C(=O)CCNS(=O)(=O)c3cccc4nsnc34)CC2)n1.O=C(O)C(F)(F)F. The molecule has 0 unspecified atom stereocenters. The molecule has 1 aromatic carbocycles. The van der Waals surface area contributed by atoms with Crippen molar-refractivity contribution in [1.82, 2.24) is 23.4 Å². The van der Waals surface area contributed by atoms with E-state index in [1.54, 1.807) is 30.2 Å². The Balaban J connectivity index is 0.000000505. The number of methoxy groups -OCH3 is 1. The number of benzene rings is 1. The van der Waals surface area contributed by atoms with Gasteiger partial charge in [0.15, 0.2) is 0 Å². The van der Waals surface area contributed by atoms with Crippen LogP contribution in [0.4, 0.5) is 19.0 Å². The van der Waals surface area contributed by atoms with Crippen LogP contribution >= 0.6 is 11.7 Å². The number of nitrogens with one attached hydrogen (secondary N) is 1. The van der Waals surface area contributed by atoms with Crippen LogP contribution in [0.3, 0.4) is 0 Å². The first-order valence-electron chi connectivity index (χ1n) is 11.0. The van der Waals surface area contributed by atoms with E-state index in [2.05, 4.69) is 23.4 Å². The Kier molecular flexibility index (Phi) is 9.40. The number of anilines is 1. The Morgan fingerprint density at radius 3 is 2.39 bits per heavy atom. The summed E-state index contributed by atoms with van der Waals surface area (Å²) in [5.74, 6) is -1.49. The van der Waals surface area contributed by atoms with Crippen molar-refractivity contribution in [3.63, 3.8) is 0 Å². The van der Waals surface area contributed by atoms with Gasteiger partial charge in [0.1, 0.15) is 21.7 Å². The average molecular weight is 577 g/mol. The second-order valence-electron chi connectivity index (χ2n) is 7.74. The van der Waals surface area contributed by atoms with Crippen molar-refractivity contribution in [3.8, 4) is 5.88 Å². The largest absolute Gasteiger partial charge is 0.490 e. The van der Waals surface area contributed by atoms with E-state index in [9.17, 15) is 26.4 Å². The van der Waals surface area contributed by atoms with E-state index >= 15 is 0 Å². The van der Waals surface area contributed by atoms with Crippen molar-refractivity contribution >= 4 is 50.5 Å². The highest BCUT2D eigenvalue weighted by Crippen LogP contribution is 2.21. The highest BCUT2D eigenvalue weighted by molar-refractivity contribution is 7.89. The minimum atomic E-state index is -5.08. The van der Waals surface area contributed by atoms with Crippen molar-refractivity contribution in [2.75, 3.05) is 44.7 Å². The van der Waals surface area contributed by atoms with Crippen LogP contribution in [0.1, 0.15) is 6.42 Å². The van der Waals surface area contributed by atoms with Crippen molar-refractivity contribution in [1.29, 1.82) is 0 Å². The smallest absolute Gasteiger partial charge is 0.481 e. The van der Waals surface area contributed by atoms with E-state index in [0.29, 0.717) is 43.1 Å². The van der Waals surface area contributed by atoms with Crippen LogP contribution in [-0.4, -0.2) is 90.0 Å². The number of piperazine rings is 1. The number of carboxylic acids is 1. The second kappa shape index (κ2) is 12.3. The monoisotopic (exact) mass is 576 g/mol. The first kappa shape index (κ1) is 29.0. The first-order valence-corrected chi connectivity index (χ1v) is 13.2. The number of hydrogen-bond donors (Lipinski definition) is 2. The lowest BCUT2D eigenvalue weighted by molar-refractivity contribution is -0.192. The lowest BCUT2D eigenvalue weighted by Crippen LogP contribution is -2.49. The van der Waals surface area contributed by atoms with E-state index in [1.165, 1.54) is 6.07 Å². The Bertz CT molecular complexity index is 1380. The minimum Gasteiger partial charge on any atom is -0.481 e. The third kappa shape index (κ3) is 7.48. The number of carbonyl (C=O) groups is 2. The summed E-state index contributed by atoms with van der Waals surface area (Å²) in [4.78, 5) is 29.8. The van der Waals surface area contributed by atoms with Gasteiger partial charge < -0.3 is 19.6 Å². The first-order chi connectivity index (χ1) is 17.9. The van der Waals surface area contributed by atoms with Crippen LogP contribution < -0.4 is 14.4 Å².